The van der Waals surface area contributed by atoms with Crippen molar-refractivity contribution in [2.24, 2.45) is 4.99 Å². The van der Waals surface area contributed by atoms with Crippen LogP contribution in [0.5, 0.6) is 0 Å². The fraction of sp³-hybridized carbons (Fsp3) is 0.474. The first-order valence-corrected chi connectivity index (χ1v) is 10.1. The van der Waals surface area contributed by atoms with Crippen molar-refractivity contribution < 1.29 is 18.0 Å². The molecular formula is C19H24F3N5OS. The number of aromatic nitrogens is 1. The normalized spacial score (nSPS) is 16.9. The molecule has 10 heteroatoms. The zero-order valence-corrected chi connectivity index (χ0v) is 17.2. The van der Waals surface area contributed by atoms with Gasteiger partial charge in [0.1, 0.15) is 0 Å². The second-order valence-electron chi connectivity index (χ2n) is 7.03. The maximum atomic E-state index is 12.8. The van der Waals surface area contributed by atoms with Gasteiger partial charge in [0.05, 0.1) is 5.56 Å². The van der Waals surface area contributed by atoms with Crippen molar-refractivity contribution in [2.45, 2.75) is 13.1 Å². The number of nitrogens with zero attached hydrogens (tertiary/aromatic N) is 4. The molecule has 158 valence electrons. The number of halogens is 3. The Hall–Kier alpha value is -2.17. The fourth-order valence-corrected chi connectivity index (χ4v) is 3.88. The number of likely N-dealkylation sites (N-methyl/N-ethyl adjacent to an activating group) is 1. The van der Waals surface area contributed by atoms with Crippen LogP contribution in [-0.2, 0) is 6.18 Å². The predicted octanol–water partition coefficient (Wildman–Crippen LogP) is 2.72. The summed E-state index contributed by atoms with van der Waals surface area (Å²) in [5.74, 6) is 0. The summed E-state index contributed by atoms with van der Waals surface area (Å²) in [7, 11) is 2.09. The minimum absolute atomic E-state index is 0.416. The number of carbonyl (C=O) groups is 1. The molecule has 2 aromatic rings. The van der Waals surface area contributed by atoms with Crippen molar-refractivity contribution >= 4 is 17.4 Å². The van der Waals surface area contributed by atoms with Crippen molar-refractivity contribution in [1.29, 1.82) is 0 Å². The lowest BCUT2D eigenvalue weighted by Gasteiger charge is -2.32. The van der Waals surface area contributed by atoms with Crippen LogP contribution in [0.2, 0.25) is 0 Å². The van der Waals surface area contributed by atoms with Crippen LogP contribution in [0, 0.1) is 6.92 Å². The molecule has 1 aliphatic rings. The van der Waals surface area contributed by atoms with E-state index in [1.807, 2.05) is 6.92 Å². The molecule has 0 spiro atoms. The molecule has 29 heavy (non-hydrogen) atoms. The smallest absolute Gasteiger partial charge is 0.335 e. The summed E-state index contributed by atoms with van der Waals surface area (Å²) in [5.41, 5.74) is -0.194. The number of rotatable bonds is 4. The van der Waals surface area contributed by atoms with Gasteiger partial charge < -0.3 is 10.2 Å². The molecule has 2 amide bonds. The first-order valence-electron chi connectivity index (χ1n) is 9.32. The zero-order valence-electron chi connectivity index (χ0n) is 16.4. The van der Waals surface area contributed by atoms with Gasteiger partial charge in [-0.05, 0) is 38.2 Å². The highest BCUT2D eigenvalue weighted by Gasteiger charge is 2.30. The molecular weight excluding hydrogens is 403 g/mol. The molecule has 0 saturated carbocycles. The molecule has 0 radical (unpaired) electrons. The van der Waals surface area contributed by atoms with E-state index < -0.39 is 17.8 Å². The van der Waals surface area contributed by atoms with E-state index in [0.717, 1.165) is 49.7 Å². The van der Waals surface area contributed by atoms with Crippen LogP contribution in [0.1, 0.15) is 10.4 Å². The summed E-state index contributed by atoms with van der Waals surface area (Å²) in [4.78, 5) is 22.2. The number of amides is 2. The second kappa shape index (κ2) is 9.10. The van der Waals surface area contributed by atoms with Crippen molar-refractivity contribution in [2.75, 3.05) is 46.3 Å². The van der Waals surface area contributed by atoms with Crippen molar-refractivity contribution in [3.63, 3.8) is 0 Å². The van der Waals surface area contributed by atoms with E-state index in [1.165, 1.54) is 23.5 Å². The van der Waals surface area contributed by atoms with Crippen LogP contribution < -0.4 is 10.1 Å². The molecule has 1 aliphatic heterocycles. The third-order valence-corrected chi connectivity index (χ3v) is 5.64. The Labute approximate surface area is 171 Å². The number of hydrogen-bond donors (Lipinski definition) is 1. The van der Waals surface area contributed by atoms with Gasteiger partial charge in [0.15, 0.2) is 4.80 Å². The Morgan fingerprint density at radius 1 is 1.17 bits per heavy atom. The van der Waals surface area contributed by atoms with Crippen LogP contribution in [-0.4, -0.2) is 66.7 Å². The average Bonchev–Trinajstić information content (AvgIpc) is 3.03. The van der Waals surface area contributed by atoms with Gasteiger partial charge in [-0.25, -0.2) is 4.79 Å². The summed E-state index contributed by atoms with van der Waals surface area (Å²) < 4.78 is 39.9. The number of thiazole rings is 1. The SMILES string of the molecule is Cc1cn(-c2ccc(C(F)(F)F)cc2)/c(=N/C(=O)NCCN2CCN(C)CC2)s1. The molecule has 3 rings (SSSR count). The Balaban J connectivity index is 1.66. The number of hydrogen-bond acceptors (Lipinski definition) is 4. The zero-order chi connectivity index (χ0) is 21.0. The van der Waals surface area contributed by atoms with Gasteiger partial charge in [-0.1, -0.05) is 0 Å². The van der Waals surface area contributed by atoms with E-state index in [4.69, 9.17) is 0 Å². The summed E-state index contributed by atoms with van der Waals surface area (Å²) in [6.07, 6.45) is -2.63. The second-order valence-corrected chi connectivity index (χ2v) is 8.24. The van der Waals surface area contributed by atoms with Crippen LogP contribution in [0.15, 0.2) is 35.5 Å². The van der Waals surface area contributed by atoms with E-state index in [2.05, 4.69) is 27.2 Å². The first kappa shape index (κ1) is 21.5. The Morgan fingerprint density at radius 3 is 2.45 bits per heavy atom. The molecule has 1 aromatic carbocycles. The van der Waals surface area contributed by atoms with Crippen LogP contribution in [0.25, 0.3) is 5.69 Å². The summed E-state index contributed by atoms with van der Waals surface area (Å²) in [6, 6.07) is 4.34. The number of urea groups is 1. The Bertz CT molecular complexity index is 896. The van der Waals surface area contributed by atoms with Crippen molar-refractivity contribution in [1.82, 2.24) is 19.7 Å². The largest absolute Gasteiger partial charge is 0.416 e. The lowest BCUT2D eigenvalue weighted by Crippen LogP contribution is -2.46. The van der Waals surface area contributed by atoms with Gasteiger partial charge >= 0.3 is 12.2 Å². The maximum absolute atomic E-state index is 12.8. The number of piperazine rings is 1. The average molecular weight is 427 g/mol. The van der Waals surface area contributed by atoms with Crippen LogP contribution in [0.3, 0.4) is 0 Å². The molecule has 2 heterocycles. The van der Waals surface area contributed by atoms with Crippen molar-refractivity contribution in [3.8, 4) is 5.69 Å². The highest BCUT2D eigenvalue weighted by molar-refractivity contribution is 7.09. The molecule has 0 unspecified atom stereocenters. The van der Waals surface area contributed by atoms with Crippen LogP contribution >= 0.6 is 11.3 Å². The summed E-state index contributed by atoms with van der Waals surface area (Å²) >= 11 is 1.31. The van der Waals surface area contributed by atoms with Gasteiger partial charge in [0.25, 0.3) is 0 Å². The maximum Gasteiger partial charge on any atom is 0.416 e. The quantitative estimate of drug-likeness (QED) is 0.817. The van der Waals surface area contributed by atoms with Gasteiger partial charge in [-0.2, -0.15) is 18.2 Å². The number of alkyl halides is 3. The fourth-order valence-electron chi connectivity index (χ4n) is 3.05. The van der Waals surface area contributed by atoms with E-state index in [1.54, 1.807) is 10.8 Å². The number of benzene rings is 1. The molecule has 1 fully saturated rings. The minimum Gasteiger partial charge on any atom is -0.335 e. The lowest BCUT2D eigenvalue weighted by molar-refractivity contribution is -0.137. The van der Waals surface area contributed by atoms with Gasteiger partial charge in [0.2, 0.25) is 0 Å². The van der Waals surface area contributed by atoms with E-state index in [9.17, 15) is 18.0 Å². The van der Waals surface area contributed by atoms with E-state index in [0.29, 0.717) is 17.0 Å². The molecule has 0 bridgehead atoms. The van der Waals surface area contributed by atoms with E-state index >= 15 is 0 Å². The molecule has 6 nitrogen and oxygen atoms in total. The molecule has 1 saturated heterocycles. The predicted molar refractivity (Wildman–Crippen MR) is 106 cm³/mol. The highest BCUT2D eigenvalue weighted by Crippen LogP contribution is 2.29. The first-order chi connectivity index (χ1) is 13.7. The van der Waals surface area contributed by atoms with Crippen molar-refractivity contribution in [3.05, 3.63) is 45.7 Å². The number of nitrogens with one attached hydrogen (secondary N) is 1. The molecule has 0 aliphatic carbocycles. The molecule has 1 aromatic heterocycles. The number of aryl methyl sites for hydroxylation is 1. The van der Waals surface area contributed by atoms with Gasteiger partial charge in [0, 0.05) is 56.0 Å². The summed E-state index contributed by atoms with van der Waals surface area (Å²) in [5, 5.41) is 2.79. The van der Waals surface area contributed by atoms with Gasteiger partial charge in [-0.3, -0.25) is 9.47 Å². The third kappa shape index (κ3) is 5.91. The molecule has 0 atom stereocenters. The summed E-state index contributed by atoms with van der Waals surface area (Å²) in [6.45, 7) is 7.09. The van der Waals surface area contributed by atoms with Crippen LogP contribution in [0.4, 0.5) is 18.0 Å². The minimum atomic E-state index is -4.38. The lowest BCUT2D eigenvalue weighted by atomic mass is 10.2. The Morgan fingerprint density at radius 2 is 1.83 bits per heavy atom. The molecule has 1 N–H and O–H groups in total. The third-order valence-electron chi connectivity index (χ3n) is 4.74. The Kier molecular flexibility index (Phi) is 6.76. The number of carbonyl (C=O) groups excluding carboxylic acids is 1. The highest BCUT2D eigenvalue weighted by atomic mass is 32.1. The topological polar surface area (TPSA) is 52.9 Å². The standard InChI is InChI=1S/C19H24F3N5OS/c1-14-13-27(16-5-3-15(4-6-16)19(20,21)22)18(29-14)24-17(28)23-7-8-26-11-9-25(2)10-12-26/h3-6,13H,7-12H2,1-2H3,(H,23,28)/b24-18-. The van der Waals surface area contributed by atoms with E-state index in [-0.39, 0.29) is 0 Å². The monoisotopic (exact) mass is 427 g/mol. The van der Waals surface area contributed by atoms with Gasteiger partial charge in [-0.15, -0.1) is 11.3 Å².